The standard InChI is InChI=1S/C17H17Br2NO3/c1-11-3-5-15(14(19)9-11)20-17(21)13-10-12(18)4-6-16(13)23-8-7-22-2/h3-6,9-10H,7-8H2,1-2H3,(H,20,21). The molecule has 0 bridgehead atoms. The topological polar surface area (TPSA) is 47.6 Å². The maximum atomic E-state index is 12.6. The van der Waals surface area contributed by atoms with Gasteiger partial charge in [0.2, 0.25) is 0 Å². The zero-order valence-electron chi connectivity index (χ0n) is 12.9. The molecule has 2 aromatic carbocycles. The average molecular weight is 443 g/mol. The number of anilines is 1. The van der Waals surface area contributed by atoms with E-state index in [4.69, 9.17) is 9.47 Å². The highest BCUT2D eigenvalue weighted by molar-refractivity contribution is 9.10. The molecule has 0 saturated heterocycles. The predicted molar refractivity (Wildman–Crippen MR) is 98.3 cm³/mol. The second-order valence-electron chi connectivity index (χ2n) is 4.92. The molecule has 0 aliphatic heterocycles. The van der Waals surface area contributed by atoms with E-state index in [0.717, 1.165) is 14.5 Å². The molecule has 0 aliphatic carbocycles. The van der Waals surface area contributed by atoms with Crippen LogP contribution in [0.1, 0.15) is 15.9 Å². The van der Waals surface area contributed by atoms with Gasteiger partial charge < -0.3 is 14.8 Å². The van der Waals surface area contributed by atoms with E-state index in [2.05, 4.69) is 37.2 Å². The van der Waals surface area contributed by atoms with Crippen molar-refractivity contribution in [3.8, 4) is 5.75 Å². The first-order valence-corrected chi connectivity index (χ1v) is 8.58. The molecule has 0 saturated carbocycles. The summed E-state index contributed by atoms with van der Waals surface area (Å²) in [6.07, 6.45) is 0. The van der Waals surface area contributed by atoms with E-state index in [1.54, 1.807) is 19.2 Å². The Balaban J connectivity index is 2.21. The number of hydrogen-bond acceptors (Lipinski definition) is 3. The van der Waals surface area contributed by atoms with Gasteiger partial charge in [0, 0.05) is 16.1 Å². The lowest BCUT2D eigenvalue weighted by atomic mass is 10.1. The second kappa shape index (κ2) is 8.47. The molecular formula is C17H17Br2NO3. The molecule has 2 aromatic rings. The Morgan fingerprint density at radius 2 is 1.91 bits per heavy atom. The van der Waals surface area contributed by atoms with Gasteiger partial charge in [0.25, 0.3) is 5.91 Å². The molecule has 2 rings (SSSR count). The lowest BCUT2D eigenvalue weighted by molar-refractivity contribution is 0.101. The first-order chi connectivity index (χ1) is 11.0. The first-order valence-electron chi connectivity index (χ1n) is 7.00. The van der Waals surface area contributed by atoms with Gasteiger partial charge in [0.05, 0.1) is 17.9 Å². The summed E-state index contributed by atoms with van der Waals surface area (Å²) in [4.78, 5) is 12.6. The van der Waals surface area contributed by atoms with Crippen molar-refractivity contribution in [2.24, 2.45) is 0 Å². The Hall–Kier alpha value is -1.37. The van der Waals surface area contributed by atoms with Crippen molar-refractivity contribution in [2.45, 2.75) is 6.92 Å². The highest BCUT2D eigenvalue weighted by Gasteiger charge is 2.15. The molecule has 0 radical (unpaired) electrons. The van der Waals surface area contributed by atoms with E-state index < -0.39 is 0 Å². The summed E-state index contributed by atoms with van der Waals surface area (Å²) in [6, 6.07) is 11.1. The highest BCUT2D eigenvalue weighted by atomic mass is 79.9. The Bertz CT molecular complexity index is 704. The fourth-order valence-electron chi connectivity index (χ4n) is 1.95. The van der Waals surface area contributed by atoms with Crippen molar-refractivity contribution >= 4 is 43.5 Å². The van der Waals surface area contributed by atoms with Crippen molar-refractivity contribution < 1.29 is 14.3 Å². The van der Waals surface area contributed by atoms with Crippen molar-refractivity contribution in [2.75, 3.05) is 25.6 Å². The van der Waals surface area contributed by atoms with Gasteiger partial charge in [-0.15, -0.1) is 0 Å². The zero-order chi connectivity index (χ0) is 16.8. The minimum absolute atomic E-state index is 0.233. The third-order valence-corrected chi connectivity index (χ3v) is 4.25. The Labute approximate surface area is 152 Å². The number of ether oxygens (including phenoxy) is 2. The smallest absolute Gasteiger partial charge is 0.259 e. The van der Waals surface area contributed by atoms with E-state index >= 15 is 0 Å². The van der Waals surface area contributed by atoms with Crippen molar-refractivity contribution in [1.82, 2.24) is 0 Å². The van der Waals surface area contributed by atoms with Crippen LogP contribution in [0.2, 0.25) is 0 Å². The molecule has 0 atom stereocenters. The Morgan fingerprint density at radius 1 is 1.13 bits per heavy atom. The molecule has 0 aliphatic rings. The van der Waals surface area contributed by atoms with E-state index in [-0.39, 0.29) is 5.91 Å². The minimum atomic E-state index is -0.233. The number of aryl methyl sites for hydroxylation is 1. The summed E-state index contributed by atoms with van der Waals surface area (Å²) < 4.78 is 12.2. The average Bonchev–Trinajstić information content (AvgIpc) is 2.51. The highest BCUT2D eigenvalue weighted by Crippen LogP contribution is 2.27. The van der Waals surface area contributed by atoms with Gasteiger partial charge in [-0.25, -0.2) is 0 Å². The maximum Gasteiger partial charge on any atom is 0.259 e. The van der Waals surface area contributed by atoms with Crippen LogP contribution in [0.15, 0.2) is 45.3 Å². The van der Waals surface area contributed by atoms with Gasteiger partial charge in [-0.2, -0.15) is 0 Å². The predicted octanol–water partition coefficient (Wildman–Crippen LogP) is 4.80. The molecule has 4 nitrogen and oxygen atoms in total. The SMILES string of the molecule is COCCOc1ccc(Br)cc1C(=O)Nc1ccc(C)cc1Br. The molecule has 0 aromatic heterocycles. The second-order valence-corrected chi connectivity index (χ2v) is 6.69. The molecule has 0 fully saturated rings. The number of hydrogen-bond donors (Lipinski definition) is 1. The lowest BCUT2D eigenvalue weighted by Crippen LogP contribution is -2.15. The van der Waals surface area contributed by atoms with Crippen molar-refractivity contribution in [1.29, 1.82) is 0 Å². The van der Waals surface area contributed by atoms with Crippen LogP contribution in [0.4, 0.5) is 5.69 Å². The molecule has 0 unspecified atom stereocenters. The number of carbonyl (C=O) groups excluding carboxylic acids is 1. The van der Waals surface area contributed by atoms with E-state index in [0.29, 0.717) is 30.2 Å². The van der Waals surface area contributed by atoms with Crippen LogP contribution in [0, 0.1) is 6.92 Å². The molecule has 1 amide bonds. The van der Waals surface area contributed by atoms with Crippen LogP contribution in [-0.2, 0) is 4.74 Å². The quantitative estimate of drug-likeness (QED) is 0.653. The van der Waals surface area contributed by atoms with E-state index in [1.165, 1.54) is 0 Å². The van der Waals surface area contributed by atoms with Crippen LogP contribution in [0.25, 0.3) is 0 Å². The molecule has 23 heavy (non-hydrogen) atoms. The molecule has 0 spiro atoms. The zero-order valence-corrected chi connectivity index (χ0v) is 16.0. The summed E-state index contributed by atoms with van der Waals surface area (Å²) in [7, 11) is 1.60. The first kappa shape index (κ1) is 18.0. The fraction of sp³-hybridized carbons (Fsp3) is 0.235. The summed E-state index contributed by atoms with van der Waals surface area (Å²) in [6.45, 7) is 2.83. The largest absolute Gasteiger partial charge is 0.490 e. The van der Waals surface area contributed by atoms with Gasteiger partial charge in [0.15, 0.2) is 0 Å². The third kappa shape index (κ3) is 5.06. The van der Waals surface area contributed by atoms with Crippen LogP contribution >= 0.6 is 31.9 Å². The monoisotopic (exact) mass is 441 g/mol. The van der Waals surface area contributed by atoms with Gasteiger partial charge in [-0.05, 0) is 58.7 Å². The number of benzene rings is 2. The number of amides is 1. The number of halogens is 2. The normalized spacial score (nSPS) is 10.4. The number of methoxy groups -OCH3 is 1. The van der Waals surface area contributed by atoms with E-state index in [1.807, 2.05) is 31.2 Å². The molecule has 6 heteroatoms. The van der Waals surface area contributed by atoms with E-state index in [9.17, 15) is 4.79 Å². The fourth-order valence-corrected chi connectivity index (χ4v) is 2.91. The summed E-state index contributed by atoms with van der Waals surface area (Å²) >= 11 is 6.85. The molecule has 122 valence electrons. The Morgan fingerprint density at radius 3 is 2.61 bits per heavy atom. The molecule has 0 heterocycles. The minimum Gasteiger partial charge on any atom is -0.490 e. The van der Waals surface area contributed by atoms with Gasteiger partial charge in [-0.3, -0.25) is 4.79 Å². The third-order valence-electron chi connectivity index (χ3n) is 3.10. The van der Waals surface area contributed by atoms with Crippen LogP contribution in [-0.4, -0.2) is 26.2 Å². The van der Waals surface area contributed by atoms with Crippen molar-refractivity contribution in [3.63, 3.8) is 0 Å². The van der Waals surface area contributed by atoms with Gasteiger partial charge >= 0.3 is 0 Å². The maximum absolute atomic E-state index is 12.6. The lowest BCUT2D eigenvalue weighted by Gasteiger charge is -2.13. The van der Waals surface area contributed by atoms with Crippen LogP contribution < -0.4 is 10.1 Å². The molecule has 1 N–H and O–H groups in total. The van der Waals surface area contributed by atoms with Crippen LogP contribution in [0.3, 0.4) is 0 Å². The number of nitrogens with one attached hydrogen (secondary N) is 1. The Kier molecular flexibility index (Phi) is 6.62. The summed E-state index contributed by atoms with van der Waals surface area (Å²) in [5, 5.41) is 2.89. The number of carbonyl (C=O) groups is 1. The summed E-state index contributed by atoms with van der Waals surface area (Å²) in [5.74, 6) is 0.286. The van der Waals surface area contributed by atoms with Gasteiger partial charge in [0.1, 0.15) is 12.4 Å². The number of rotatable bonds is 6. The van der Waals surface area contributed by atoms with Crippen molar-refractivity contribution in [3.05, 3.63) is 56.5 Å². The van der Waals surface area contributed by atoms with Crippen LogP contribution in [0.5, 0.6) is 5.75 Å². The molecular weight excluding hydrogens is 426 g/mol. The summed E-state index contributed by atoms with van der Waals surface area (Å²) in [5.41, 5.74) is 2.28. The van der Waals surface area contributed by atoms with Gasteiger partial charge in [-0.1, -0.05) is 22.0 Å².